The molecule has 0 radical (unpaired) electrons. The molecule has 0 bridgehead atoms. The van der Waals surface area contributed by atoms with Gasteiger partial charge in [-0.2, -0.15) is 5.10 Å². The second kappa shape index (κ2) is 7.67. The summed E-state index contributed by atoms with van der Waals surface area (Å²) in [6.07, 6.45) is 6.55. The van der Waals surface area contributed by atoms with Crippen LogP contribution < -0.4 is 5.32 Å². The topological polar surface area (TPSA) is 92.5 Å². The van der Waals surface area contributed by atoms with E-state index in [1.54, 1.807) is 47.1 Å². The van der Waals surface area contributed by atoms with Gasteiger partial charge in [0.2, 0.25) is 5.91 Å². The Balaban J connectivity index is 1.50. The number of amides is 2. The van der Waals surface area contributed by atoms with Crippen LogP contribution in [0.25, 0.3) is 5.65 Å². The highest BCUT2D eigenvalue weighted by Gasteiger charge is 2.31. The van der Waals surface area contributed by atoms with E-state index in [4.69, 9.17) is 0 Å². The third-order valence-electron chi connectivity index (χ3n) is 4.84. The molecule has 1 aliphatic rings. The summed E-state index contributed by atoms with van der Waals surface area (Å²) < 4.78 is 2.45. The van der Waals surface area contributed by atoms with Gasteiger partial charge in [-0.25, -0.2) is 14.5 Å². The number of nitrogens with one attached hydrogen (secondary N) is 1. The molecule has 1 atom stereocenters. The van der Waals surface area contributed by atoms with Crippen LogP contribution in [0.2, 0.25) is 0 Å². The highest BCUT2D eigenvalue weighted by Crippen LogP contribution is 2.23. The van der Waals surface area contributed by atoms with Crippen LogP contribution >= 0.6 is 15.9 Å². The quantitative estimate of drug-likeness (QED) is 0.672. The molecular weight excluding hydrogens is 424 g/mol. The fourth-order valence-electron chi connectivity index (χ4n) is 3.46. The van der Waals surface area contributed by atoms with Crippen LogP contribution in [0.4, 0.5) is 5.82 Å². The van der Waals surface area contributed by atoms with Crippen LogP contribution in [0, 0.1) is 12.8 Å². The smallest absolute Gasteiger partial charge is 0.259 e. The summed E-state index contributed by atoms with van der Waals surface area (Å²) in [6.45, 7) is 2.78. The molecule has 1 aliphatic heterocycles. The van der Waals surface area contributed by atoms with Crippen molar-refractivity contribution in [2.24, 2.45) is 5.92 Å². The van der Waals surface area contributed by atoms with Gasteiger partial charge in [0.1, 0.15) is 11.4 Å². The Bertz CT molecular complexity index is 1030. The van der Waals surface area contributed by atoms with Crippen LogP contribution in [0.15, 0.2) is 41.3 Å². The van der Waals surface area contributed by atoms with Gasteiger partial charge in [0.15, 0.2) is 5.65 Å². The van der Waals surface area contributed by atoms with Crippen molar-refractivity contribution in [1.29, 1.82) is 0 Å². The van der Waals surface area contributed by atoms with Crippen LogP contribution in [0.1, 0.15) is 28.9 Å². The lowest BCUT2D eigenvalue weighted by Crippen LogP contribution is -2.44. The summed E-state index contributed by atoms with van der Waals surface area (Å²) in [6, 6.07) is 5.33. The first-order chi connectivity index (χ1) is 13.5. The normalized spacial score (nSPS) is 16.9. The average molecular weight is 443 g/mol. The fourth-order valence-corrected chi connectivity index (χ4v) is 3.69. The van der Waals surface area contributed by atoms with E-state index in [1.165, 1.54) is 0 Å². The maximum Gasteiger partial charge on any atom is 0.259 e. The summed E-state index contributed by atoms with van der Waals surface area (Å²) in [7, 11) is 0. The van der Waals surface area contributed by atoms with Gasteiger partial charge in [0, 0.05) is 36.2 Å². The van der Waals surface area contributed by atoms with Gasteiger partial charge >= 0.3 is 0 Å². The molecule has 0 aliphatic carbocycles. The highest BCUT2D eigenvalue weighted by atomic mass is 79.9. The minimum Gasteiger partial charge on any atom is -0.338 e. The Kier molecular flexibility index (Phi) is 5.08. The molecule has 0 aromatic carbocycles. The largest absolute Gasteiger partial charge is 0.338 e. The van der Waals surface area contributed by atoms with Gasteiger partial charge in [0.25, 0.3) is 5.91 Å². The second-order valence-corrected chi connectivity index (χ2v) is 7.71. The third kappa shape index (κ3) is 3.62. The Morgan fingerprint density at radius 1 is 1.29 bits per heavy atom. The van der Waals surface area contributed by atoms with E-state index in [0.717, 1.165) is 17.3 Å². The maximum absolute atomic E-state index is 13.1. The molecule has 4 heterocycles. The molecule has 28 heavy (non-hydrogen) atoms. The molecule has 8 nitrogen and oxygen atoms in total. The molecule has 9 heteroatoms. The van der Waals surface area contributed by atoms with Crippen molar-refractivity contribution in [3.8, 4) is 0 Å². The second-order valence-electron chi connectivity index (χ2n) is 6.79. The Hall–Kier alpha value is -2.81. The minimum atomic E-state index is -0.279. The number of nitrogens with zero attached hydrogens (tertiary/aromatic N) is 5. The number of halogens is 1. The molecule has 3 aromatic heterocycles. The van der Waals surface area contributed by atoms with Crippen molar-refractivity contribution in [2.75, 3.05) is 18.4 Å². The lowest BCUT2D eigenvalue weighted by Gasteiger charge is -2.32. The summed E-state index contributed by atoms with van der Waals surface area (Å²) in [4.78, 5) is 36.0. The van der Waals surface area contributed by atoms with E-state index in [0.29, 0.717) is 35.8 Å². The SMILES string of the molecule is Cc1nn2cccnc2c1C(=O)N1CCCC(C(=O)Nc2ccc(Br)cn2)C1. The lowest BCUT2D eigenvalue weighted by molar-refractivity contribution is -0.121. The molecule has 1 fully saturated rings. The number of aryl methyl sites for hydroxylation is 1. The summed E-state index contributed by atoms with van der Waals surface area (Å²) in [5.74, 6) is -0.0370. The first kappa shape index (κ1) is 18.5. The van der Waals surface area contributed by atoms with Crippen molar-refractivity contribution >= 4 is 39.2 Å². The molecule has 4 rings (SSSR count). The zero-order valence-electron chi connectivity index (χ0n) is 15.3. The van der Waals surface area contributed by atoms with E-state index in [-0.39, 0.29) is 17.7 Å². The predicted octanol–water partition coefficient (Wildman–Crippen LogP) is 2.69. The summed E-state index contributed by atoms with van der Waals surface area (Å²) in [5, 5.41) is 7.20. The van der Waals surface area contributed by atoms with Crippen LogP contribution in [-0.4, -0.2) is 49.4 Å². The van der Waals surface area contributed by atoms with E-state index < -0.39 is 0 Å². The van der Waals surface area contributed by atoms with Gasteiger partial charge in [-0.1, -0.05) is 0 Å². The van der Waals surface area contributed by atoms with Crippen LogP contribution in [0.5, 0.6) is 0 Å². The number of pyridine rings is 1. The molecule has 1 saturated heterocycles. The first-order valence-corrected chi connectivity index (χ1v) is 9.84. The number of aromatic nitrogens is 4. The van der Waals surface area contributed by atoms with Gasteiger partial charge in [0.05, 0.1) is 11.6 Å². The number of fused-ring (bicyclic) bond motifs is 1. The van der Waals surface area contributed by atoms with E-state index in [9.17, 15) is 9.59 Å². The van der Waals surface area contributed by atoms with Gasteiger partial charge in [-0.15, -0.1) is 0 Å². The number of rotatable bonds is 3. The highest BCUT2D eigenvalue weighted by molar-refractivity contribution is 9.10. The Morgan fingerprint density at radius 2 is 2.14 bits per heavy atom. The first-order valence-electron chi connectivity index (χ1n) is 9.04. The standard InChI is InChI=1S/C19H19BrN6O2/c1-12-16(17-21-7-3-9-26(17)24-12)19(28)25-8-2-4-13(11-25)18(27)23-15-6-5-14(20)10-22-15/h3,5-7,9-10,13H,2,4,8,11H2,1H3,(H,22,23,27). The number of hydrogen-bond acceptors (Lipinski definition) is 5. The average Bonchev–Trinajstić information content (AvgIpc) is 3.05. The van der Waals surface area contributed by atoms with Crippen molar-refractivity contribution in [3.05, 3.63) is 52.5 Å². The fraction of sp³-hybridized carbons (Fsp3) is 0.316. The Labute approximate surface area is 170 Å². The lowest BCUT2D eigenvalue weighted by atomic mass is 9.96. The zero-order valence-corrected chi connectivity index (χ0v) is 16.9. The molecule has 2 amide bonds. The number of carbonyl (C=O) groups excluding carboxylic acids is 2. The number of anilines is 1. The number of hydrogen-bond donors (Lipinski definition) is 1. The van der Waals surface area contributed by atoms with Crippen LogP contribution in [-0.2, 0) is 4.79 Å². The monoisotopic (exact) mass is 442 g/mol. The number of likely N-dealkylation sites (tertiary alicyclic amines) is 1. The predicted molar refractivity (Wildman–Crippen MR) is 107 cm³/mol. The Morgan fingerprint density at radius 3 is 2.93 bits per heavy atom. The van der Waals surface area contributed by atoms with Crippen LogP contribution in [0.3, 0.4) is 0 Å². The third-order valence-corrected chi connectivity index (χ3v) is 5.31. The summed E-state index contributed by atoms with van der Waals surface area (Å²) >= 11 is 3.32. The van der Waals surface area contributed by atoms with Crippen molar-refractivity contribution in [1.82, 2.24) is 24.5 Å². The molecule has 1 N–H and O–H groups in total. The number of carbonyl (C=O) groups is 2. The maximum atomic E-state index is 13.1. The number of piperidine rings is 1. The summed E-state index contributed by atoms with van der Waals surface area (Å²) in [5.41, 5.74) is 1.67. The molecular formula is C19H19BrN6O2. The van der Waals surface area contributed by atoms with Crippen molar-refractivity contribution in [2.45, 2.75) is 19.8 Å². The zero-order chi connectivity index (χ0) is 19.7. The van der Waals surface area contributed by atoms with Crippen molar-refractivity contribution in [3.63, 3.8) is 0 Å². The molecule has 144 valence electrons. The van der Waals surface area contributed by atoms with Gasteiger partial charge in [-0.3, -0.25) is 9.59 Å². The van der Waals surface area contributed by atoms with E-state index >= 15 is 0 Å². The van der Waals surface area contributed by atoms with E-state index in [2.05, 4.69) is 36.3 Å². The van der Waals surface area contributed by atoms with E-state index in [1.807, 2.05) is 6.07 Å². The molecule has 3 aromatic rings. The molecule has 0 saturated carbocycles. The van der Waals surface area contributed by atoms with Crippen molar-refractivity contribution < 1.29 is 9.59 Å². The minimum absolute atomic E-state index is 0.123. The van der Waals surface area contributed by atoms with Gasteiger partial charge < -0.3 is 10.2 Å². The van der Waals surface area contributed by atoms with Gasteiger partial charge in [-0.05, 0) is 53.9 Å². The molecule has 0 spiro atoms. The molecule has 1 unspecified atom stereocenters.